The van der Waals surface area contributed by atoms with Crippen molar-refractivity contribution in [3.8, 4) is 0 Å². The fraction of sp³-hybridized carbons (Fsp3) is 0.533. The van der Waals surface area contributed by atoms with Crippen molar-refractivity contribution in [2.24, 2.45) is 11.8 Å². The Hall–Kier alpha value is -1.59. The first-order chi connectivity index (χ1) is 9.65. The van der Waals surface area contributed by atoms with Gasteiger partial charge in [-0.05, 0) is 12.0 Å². The van der Waals surface area contributed by atoms with Crippen molar-refractivity contribution in [3.63, 3.8) is 0 Å². The van der Waals surface area contributed by atoms with Crippen molar-refractivity contribution in [1.29, 1.82) is 0 Å². The summed E-state index contributed by atoms with van der Waals surface area (Å²) in [6.07, 6.45) is -1.02. The second kappa shape index (κ2) is 5.42. The molecule has 1 aromatic carbocycles. The molecule has 108 valence electrons. The summed E-state index contributed by atoms with van der Waals surface area (Å²) in [5, 5.41) is 19.7. The minimum Gasteiger partial charge on any atom is -0.445 e. The number of amides is 1. The highest BCUT2D eigenvalue weighted by atomic mass is 16.6. The highest BCUT2D eigenvalue weighted by Gasteiger charge is 2.47. The van der Waals surface area contributed by atoms with Gasteiger partial charge in [-0.15, -0.1) is 0 Å². The minimum absolute atomic E-state index is 0.0342. The molecule has 2 fully saturated rings. The fourth-order valence-electron chi connectivity index (χ4n) is 3.19. The van der Waals surface area contributed by atoms with E-state index < -0.39 is 12.2 Å². The predicted molar refractivity (Wildman–Crippen MR) is 71.8 cm³/mol. The van der Waals surface area contributed by atoms with Gasteiger partial charge >= 0.3 is 6.09 Å². The van der Waals surface area contributed by atoms with Crippen molar-refractivity contribution in [3.05, 3.63) is 35.9 Å². The number of piperidine rings is 1. The number of nitrogens with zero attached hydrogens (tertiary/aromatic N) is 1. The van der Waals surface area contributed by atoms with Crippen molar-refractivity contribution >= 4 is 6.09 Å². The van der Waals surface area contributed by atoms with E-state index >= 15 is 0 Å². The molecule has 4 atom stereocenters. The van der Waals surface area contributed by atoms with Crippen molar-refractivity contribution in [2.45, 2.75) is 25.2 Å². The molecule has 5 heteroatoms. The minimum atomic E-state index is -0.716. The third kappa shape index (κ3) is 2.51. The number of benzene rings is 1. The van der Waals surface area contributed by atoms with Crippen LogP contribution in [0, 0.1) is 11.8 Å². The molecule has 0 unspecified atom stereocenters. The van der Waals surface area contributed by atoms with Crippen LogP contribution in [-0.2, 0) is 11.3 Å². The SMILES string of the molecule is O=C(OCc1ccccc1)N1C[C@H]2C[C@@H](C1)[C@H](O)[C@H]2O. The summed E-state index contributed by atoms with van der Waals surface area (Å²) in [6, 6.07) is 9.52. The van der Waals surface area contributed by atoms with Gasteiger partial charge in [0.15, 0.2) is 0 Å². The second-order valence-electron chi connectivity index (χ2n) is 5.68. The van der Waals surface area contributed by atoms with Crippen molar-refractivity contribution < 1.29 is 19.7 Å². The molecule has 1 heterocycles. The Labute approximate surface area is 117 Å². The van der Waals surface area contributed by atoms with Gasteiger partial charge in [-0.2, -0.15) is 0 Å². The monoisotopic (exact) mass is 277 g/mol. The zero-order valence-electron chi connectivity index (χ0n) is 11.2. The number of hydrogen-bond acceptors (Lipinski definition) is 4. The van der Waals surface area contributed by atoms with Crippen LogP contribution in [0.25, 0.3) is 0 Å². The third-order valence-electron chi connectivity index (χ3n) is 4.29. The van der Waals surface area contributed by atoms with Gasteiger partial charge in [0.2, 0.25) is 0 Å². The molecule has 1 saturated carbocycles. The number of fused-ring (bicyclic) bond motifs is 2. The number of likely N-dealkylation sites (tertiary alicyclic amines) is 1. The van der Waals surface area contributed by atoms with Gasteiger partial charge in [-0.3, -0.25) is 0 Å². The molecule has 0 radical (unpaired) electrons. The number of carbonyl (C=O) groups is 1. The van der Waals surface area contributed by atoms with E-state index in [1.54, 1.807) is 4.90 Å². The van der Waals surface area contributed by atoms with E-state index in [2.05, 4.69) is 0 Å². The lowest BCUT2D eigenvalue weighted by Crippen LogP contribution is -2.42. The number of hydrogen-bond donors (Lipinski definition) is 2. The smallest absolute Gasteiger partial charge is 0.410 e. The highest BCUT2D eigenvalue weighted by molar-refractivity contribution is 5.68. The zero-order chi connectivity index (χ0) is 14.1. The first-order valence-electron chi connectivity index (χ1n) is 6.97. The summed E-state index contributed by atoms with van der Waals surface area (Å²) in [5.41, 5.74) is 0.945. The Kier molecular flexibility index (Phi) is 3.63. The van der Waals surface area contributed by atoms with Gasteiger partial charge in [0.1, 0.15) is 6.61 Å². The largest absolute Gasteiger partial charge is 0.445 e. The molecule has 2 bridgehead atoms. The summed E-state index contributed by atoms with van der Waals surface area (Å²) in [7, 11) is 0. The normalized spacial score (nSPS) is 32.2. The summed E-state index contributed by atoms with van der Waals surface area (Å²) in [6.45, 7) is 1.17. The van der Waals surface area contributed by atoms with Gasteiger partial charge < -0.3 is 19.8 Å². The topological polar surface area (TPSA) is 70.0 Å². The average Bonchev–Trinajstić information content (AvgIpc) is 2.69. The van der Waals surface area contributed by atoms with Crippen molar-refractivity contribution in [2.75, 3.05) is 13.1 Å². The lowest BCUT2D eigenvalue weighted by molar-refractivity contribution is 0.0130. The summed E-state index contributed by atoms with van der Waals surface area (Å²) >= 11 is 0. The van der Waals surface area contributed by atoms with Crippen LogP contribution in [0.15, 0.2) is 30.3 Å². The Morgan fingerprint density at radius 2 is 1.75 bits per heavy atom. The van der Waals surface area contributed by atoms with Gasteiger partial charge in [-0.1, -0.05) is 30.3 Å². The molecule has 0 aromatic heterocycles. The maximum Gasteiger partial charge on any atom is 0.410 e. The Balaban J connectivity index is 1.56. The van der Waals surface area contributed by atoms with Crippen LogP contribution >= 0.6 is 0 Å². The van der Waals surface area contributed by atoms with Crippen LogP contribution in [0.3, 0.4) is 0 Å². The Bertz CT molecular complexity index is 462. The molecule has 1 aliphatic carbocycles. The highest BCUT2D eigenvalue weighted by Crippen LogP contribution is 2.37. The van der Waals surface area contributed by atoms with Crippen LogP contribution in [0.1, 0.15) is 12.0 Å². The summed E-state index contributed by atoms with van der Waals surface area (Å²) in [5.74, 6) is -0.0685. The first-order valence-corrected chi connectivity index (χ1v) is 6.97. The Morgan fingerprint density at radius 3 is 2.35 bits per heavy atom. The lowest BCUT2D eigenvalue weighted by Gasteiger charge is -2.31. The van der Waals surface area contributed by atoms with Crippen LogP contribution in [0.4, 0.5) is 4.79 Å². The number of aliphatic hydroxyl groups is 2. The molecule has 20 heavy (non-hydrogen) atoms. The zero-order valence-corrected chi connectivity index (χ0v) is 11.2. The second-order valence-corrected chi connectivity index (χ2v) is 5.68. The van der Waals surface area contributed by atoms with Crippen LogP contribution < -0.4 is 0 Å². The fourth-order valence-corrected chi connectivity index (χ4v) is 3.19. The lowest BCUT2D eigenvalue weighted by atomic mass is 9.99. The number of aliphatic hydroxyl groups excluding tert-OH is 2. The maximum absolute atomic E-state index is 12.0. The molecule has 2 aliphatic rings. The number of carbonyl (C=O) groups excluding carboxylic acids is 1. The summed E-state index contributed by atoms with van der Waals surface area (Å²) in [4.78, 5) is 13.6. The van der Waals surface area contributed by atoms with Crippen molar-refractivity contribution in [1.82, 2.24) is 4.90 Å². The van der Waals surface area contributed by atoms with E-state index in [0.29, 0.717) is 13.1 Å². The first kappa shape index (κ1) is 13.4. The average molecular weight is 277 g/mol. The standard InChI is InChI=1S/C15H19NO4/c17-13-11-6-12(14(13)18)8-16(7-11)15(19)20-9-10-4-2-1-3-5-10/h1-5,11-14,17-18H,6-9H2/t11-,12+,13-,14-/m0/s1. The molecular weight excluding hydrogens is 258 g/mol. The molecule has 1 saturated heterocycles. The molecular formula is C15H19NO4. The third-order valence-corrected chi connectivity index (χ3v) is 4.29. The van der Waals surface area contributed by atoms with E-state index in [1.165, 1.54) is 0 Å². The van der Waals surface area contributed by atoms with E-state index in [1.807, 2.05) is 30.3 Å². The Morgan fingerprint density at radius 1 is 1.15 bits per heavy atom. The number of rotatable bonds is 2. The van der Waals surface area contributed by atoms with Crippen LogP contribution in [-0.4, -0.2) is 46.5 Å². The van der Waals surface area contributed by atoms with Gasteiger partial charge in [0, 0.05) is 24.9 Å². The summed E-state index contributed by atoms with van der Waals surface area (Å²) < 4.78 is 5.29. The van der Waals surface area contributed by atoms with Gasteiger partial charge in [0.05, 0.1) is 12.2 Å². The molecule has 1 aliphatic heterocycles. The maximum atomic E-state index is 12.0. The van der Waals surface area contributed by atoms with Crippen LogP contribution in [0.2, 0.25) is 0 Å². The molecule has 3 rings (SSSR count). The molecule has 2 N–H and O–H groups in total. The van der Waals surface area contributed by atoms with Gasteiger partial charge in [-0.25, -0.2) is 4.79 Å². The van der Waals surface area contributed by atoms with E-state index in [9.17, 15) is 15.0 Å². The molecule has 1 amide bonds. The predicted octanol–water partition coefficient (Wildman–Crippen LogP) is 0.997. The van der Waals surface area contributed by atoms with E-state index in [-0.39, 0.29) is 24.5 Å². The van der Waals surface area contributed by atoms with E-state index in [0.717, 1.165) is 12.0 Å². The molecule has 0 spiro atoms. The quantitative estimate of drug-likeness (QED) is 0.846. The molecule has 5 nitrogen and oxygen atoms in total. The van der Waals surface area contributed by atoms with Gasteiger partial charge in [0.25, 0.3) is 0 Å². The van der Waals surface area contributed by atoms with Crippen LogP contribution in [0.5, 0.6) is 0 Å². The number of ether oxygens (including phenoxy) is 1. The molecule has 1 aromatic rings. The van der Waals surface area contributed by atoms with E-state index in [4.69, 9.17) is 4.74 Å².